The highest BCUT2D eigenvalue weighted by molar-refractivity contribution is 9.10. The van der Waals surface area contributed by atoms with Crippen LogP contribution in [0.1, 0.15) is 16.1 Å². The van der Waals surface area contributed by atoms with Crippen LogP contribution in [0.5, 0.6) is 0 Å². The van der Waals surface area contributed by atoms with E-state index in [9.17, 15) is 9.18 Å². The number of aromatic nitrogens is 1. The molecule has 0 saturated heterocycles. The van der Waals surface area contributed by atoms with E-state index in [1.54, 1.807) is 12.1 Å². The number of thiazole rings is 1. The molecule has 1 amide bonds. The SMILES string of the molecule is Cc1csc(NC(=O)c2cccc(Br)c2F)n1. The van der Waals surface area contributed by atoms with E-state index in [-0.39, 0.29) is 10.0 Å². The molecule has 0 bridgehead atoms. The van der Waals surface area contributed by atoms with E-state index < -0.39 is 11.7 Å². The molecule has 2 aromatic rings. The first kappa shape index (κ1) is 12.2. The fourth-order valence-electron chi connectivity index (χ4n) is 1.26. The molecule has 0 saturated carbocycles. The Morgan fingerprint density at radius 1 is 1.53 bits per heavy atom. The van der Waals surface area contributed by atoms with Crippen LogP contribution in [0.15, 0.2) is 28.1 Å². The van der Waals surface area contributed by atoms with Gasteiger partial charge < -0.3 is 0 Å². The minimum absolute atomic E-state index is 0.00720. The fraction of sp³-hybridized carbons (Fsp3) is 0.0909. The van der Waals surface area contributed by atoms with Crippen LogP contribution >= 0.6 is 27.3 Å². The summed E-state index contributed by atoms with van der Waals surface area (Å²) in [4.78, 5) is 15.9. The maximum Gasteiger partial charge on any atom is 0.260 e. The molecule has 0 aliphatic heterocycles. The zero-order valence-corrected chi connectivity index (χ0v) is 11.2. The van der Waals surface area contributed by atoms with Gasteiger partial charge in [0.25, 0.3) is 5.91 Å². The van der Waals surface area contributed by atoms with E-state index >= 15 is 0 Å². The lowest BCUT2D eigenvalue weighted by atomic mass is 10.2. The third kappa shape index (κ3) is 2.70. The highest BCUT2D eigenvalue weighted by Gasteiger charge is 2.14. The third-order valence-corrected chi connectivity index (χ3v) is 3.52. The number of nitrogens with zero attached hydrogens (tertiary/aromatic N) is 1. The van der Waals surface area contributed by atoms with Crippen molar-refractivity contribution in [3.05, 3.63) is 45.1 Å². The van der Waals surface area contributed by atoms with Gasteiger partial charge >= 0.3 is 0 Å². The van der Waals surface area contributed by atoms with Crippen LogP contribution in [-0.2, 0) is 0 Å². The summed E-state index contributed by atoms with van der Waals surface area (Å²) in [5, 5.41) is 4.83. The topological polar surface area (TPSA) is 42.0 Å². The van der Waals surface area contributed by atoms with E-state index in [2.05, 4.69) is 26.2 Å². The van der Waals surface area contributed by atoms with Crippen LogP contribution in [0.3, 0.4) is 0 Å². The normalized spacial score (nSPS) is 10.3. The molecule has 6 heteroatoms. The average Bonchev–Trinajstić information content (AvgIpc) is 2.68. The van der Waals surface area contributed by atoms with Gasteiger partial charge in [0.2, 0.25) is 0 Å². The molecule has 2 rings (SSSR count). The first-order valence-electron chi connectivity index (χ1n) is 4.75. The molecule has 0 aliphatic carbocycles. The molecular weight excluding hydrogens is 307 g/mol. The molecule has 88 valence electrons. The Bertz CT molecular complexity index is 570. The van der Waals surface area contributed by atoms with Gasteiger partial charge in [-0.2, -0.15) is 0 Å². The number of carbonyl (C=O) groups excluding carboxylic acids is 1. The molecule has 0 aliphatic rings. The Kier molecular flexibility index (Phi) is 3.54. The fourth-order valence-corrected chi connectivity index (χ4v) is 2.30. The lowest BCUT2D eigenvalue weighted by Crippen LogP contribution is -2.13. The zero-order valence-electron chi connectivity index (χ0n) is 8.83. The summed E-state index contributed by atoms with van der Waals surface area (Å²) in [7, 11) is 0. The number of aryl methyl sites for hydroxylation is 1. The Morgan fingerprint density at radius 2 is 2.29 bits per heavy atom. The van der Waals surface area contributed by atoms with Crippen LogP contribution in [0.4, 0.5) is 9.52 Å². The van der Waals surface area contributed by atoms with Crippen molar-refractivity contribution in [3.63, 3.8) is 0 Å². The van der Waals surface area contributed by atoms with Gasteiger partial charge in [-0.05, 0) is 35.0 Å². The number of nitrogens with one attached hydrogen (secondary N) is 1. The Labute approximate surface area is 110 Å². The third-order valence-electron chi connectivity index (χ3n) is 2.04. The van der Waals surface area contributed by atoms with E-state index in [0.717, 1.165) is 5.69 Å². The second-order valence-corrected chi connectivity index (χ2v) is 5.06. The number of halogens is 2. The van der Waals surface area contributed by atoms with Crippen molar-refractivity contribution in [1.82, 2.24) is 4.98 Å². The van der Waals surface area contributed by atoms with Crippen molar-refractivity contribution in [1.29, 1.82) is 0 Å². The lowest BCUT2D eigenvalue weighted by Gasteiger charge is -2.04. The maximum atomic E-state index is 13.6. The van der Waals surface area contributed by atoms with Gasteiger partial charge in [0.05, 0.1) is 15.7 Å². The van der Waals surface area contributed by atoms with Gasteiger partial charge in [-0.3, -0.25) is 10.1 Å². The number of rotatable bonds is 2. The zero-order chi connectivity index (χ0) is 12.4. The number of hydrogen-bond donors (Lipinski definition) is 1. The predicted molar refractivity (Wildman–Crippen MR) is 68.9 cm³/mol. The van der Waals surface area contributed by atoms with Crippen LogP contribution in [0, 0.1) is 12.7 Å². The van der Waals surface area contributed by atoms with E-state index in [0.29, 0.717) is 5.13 Å². The van der Waals surface area contributed by atoms with Gasteiger partial charge in [0.1, 0.15) is 5.82 Å². The molecule has 0 fully saturated rings. The molecule has 3 nitrogen and oxygen atoms in total. The first-order chi connectivity index (χ1) is 8.08. The van der Waals surface area contributed by atoms with E-state index in [4.69, 9.17) is 0 Å². The number of carbonyl (C=O) groups is 1. The van der Waals surface area contributed by atoms with Gasteiger partial charge in [-0.15, -0.1) is 11.3 Å². The monoisotopic (exact) mass is 314 g/mol. The molecule has 0 unspecified atom stereocenters. The first-order valence-corrected chi connectivity index (χ1v) is 6.42. The van der Waals surface area contributed by atoms with Gasteiger partial charge in [-0.25, -0.2) is 9.37 Å². The van der Waals surface area contributed by atoms with Crippen LogP contribution in [0.25, 0.3) is 0 Å². The number of anilines is 1. The average molecular weight is 315 g/mol. The Balaban J connectivity index is 2.23. The number of benzene rings is 1. The summed E-state index contributed by atoms with van der Waals surface area (Å²) in [5.74, 6) is -1.07. The minimum atomic E-state index is -0.571. The van der Waals surface area contributed by atoms with Crippen molar-refractivity contribution in [2.24, 2.45) is 0 Å². The minimum Gasteiger partial charge on any atom is -0.298 e. The highest BCUT2D eigenvalue weighted by Crippen LogP contribution is 2.21. The number of amides is 1. The van der Waals surface area contributed by atoms with E-state index in [1.165, 1.54) is 17.4 Å². The largest absolute Gasteiger partial charge is 0.298 e. The number of hydrogen-bond acceptors (Lipinski definition) is 3. The van der Waals surface area contributed by atoms with Crippen LogP contribution in [0.2, 0.25) is 0 Å². The van der Waals surface area contributed by atoms with Crippen molar-refractivity contribution in [3.8, 4) is 0 Å². The maximum absolute atomic E-state index is 13.6. The molecule has 1 N–H and O–H groups in total. The summed E-state index contributed by atoms with van der Waals surface area (Å²) in [6.45, 7) is 1.83. The van der Waals surface area contributed by atoms with Crippen molar-refractivity contribution in [2.45, 2.75) is 6.92 Å². The summed E-state index contributed by atoms with van der Waals surface area (Å²) >= 11 is 4.34. The summed E-state index contributed by atoms with van der Waals surface area (Å²) in [5.41, 5.74) is 0.812. The molecule has 0 radical (unpaired) electrons. The van der Waals surface area contributed by atoms with Gasteiger partial charge in [-0.1, -0.05) is 6.07 Å². The predicted octanol–water partition coefficient (Wildman–Crippen LogP) is 3.61. The molecule has 1 aromatic carbocycles. The van der Waals surface area contributed by atoms with Crippen molar-refractivity contribution < 1.29 is 9.18 Å². The van der Waals surface area contributed by atoms with Crippen LogP contribution < -0.4 is 5.32 Å². The summed E-state index contributed by atoms with van der Waals surface area (Å²) in [6, 6.07) is 4.57. The van der Waals surface area contributed by atoms with Crippen LogP contribution in [-0.4, -0.2) is 10.9 Å². The lowest BCUT2D eigenvalue weighted by molar-refractivity contribution is 0.102. The van der Waals surface area contributed by atoms with E-state index in [1.807, 2.05) is 12.3 Å². The molecule has 0 atom stereocenters. The molecular formula is C11H8BrFN2OS. The van der Waals surface area contributed by atoms with Crippen molar-refractivity contribution >= 4 is 38.3 Å². The molecule has 1 heterocycles. The van der Waals surface area contributed by atoms with Gasteiger partial charge in [0.15, 0.2) is 5.13 Å². The summed E-state index contributed by atoms with van der Waals surface area (Å²) in [6.07, 6.45) is 0. The smallest absolute Gasteiger partial charge is 0.260 e. The van der Waals surface area contributed by atoms with Crippen molar-refractivity contribution in [2.75, 3.05) is 5.32 Å². The molecule has 0 spiro atoms. The quantitative estimate of drug-likeness (QED) is 0.920. The highest BCUT2D eigenvalue weighted by atomic mass is 79.9. The molecule has 1 aromatic heterocycles. The standard InChI is InChI=1S/C11H8BrFN2OS/c1-6-5-17-11(14-6)15-10(16)7-3-2-4-8(12)9(7)13/h2-5H,1H3,(H,14,15,16). The second-order valence-electron chi connectivity index (χ2n) is 3.35. The Hall–Kier alpha value is -1.27. The molecule has 17 heavy (non-hydrogen) atoms. The second kappa shape index (κ2) is 4.93. The Morgan fingerprint density at radius 3 is 2.94 bits per heavy atom. The summed E-state index contributed by atoms with van der Waals surface area (Å²) < 4.78 is 13.9. The van der Waals surface area contributed by atoms with Gasteiger partial charge in [0, 0.05) is 5.38 Å².